The summed E-state index contributed by atoms with van der Waals surface area (Å²) in [6.07, 6.45) is 0.871. The first-order chi connectivity index (χ1) is 9.72. The summed E-state index contributed by atoms with van der Waals surface area (Å²) in [6.45, 7) is 1.98. The molecule has 0 saturated heterocycles. The molecule has 0 radical (unpaired) electrons. The lowest BCUT2D eigenvalue weighted by molar-refractivity contribution is 0.296. The lowest BCUT2D eigenvalue weighted by Gasteiger charge is -2.05. The average molecular weight is 314 g/mol. The lowest BCUT2D eigenvalue weighted by atomic mass is 10.3. The van der Waals surface area contributed by atoms with Crippen LogP contribution in [-0.2, 0) is 13.6 Å². The summed E-state index contributed by atoms with van der Waals surface area (Å²) in [6, 6.07) is 5.78. The van der Waals surface area contributed by atoms with Crippen LogP contribution in [0.5, 0.6) is 0 Å². The van der Waals surface area contributed by atoms with Crippen molar-refractivity contribution in [3.8, 4) is 0 Å². The average Bonchev–Trinajstić information content (AvgIpc) is 2.74. The number of fused-ring (bicyclic) bond motifs is 1. The highest BCUT2D eigenvalue weighted by Crippen LogP contribution is 2.19. The smallest absolute Gasteiger partial charge is 0.123 e. The molecule has 0 aliphatic carbocycles. The van der Waals surface area contributed by atoms with E-state index >= 15 is 0 Å². The second kappa shape index (κ2) is 7.88. The zero-order chi connectivity index (χ0) is 14.4. The van der Waals surface area contributed by atoms with Crippen molar-refractivity contribution in [1.29, 1.82) is 0 Å². The van der Waals surface area contributed by atoms with Crippen LogP contribution in [0.1, 0.15) is 12.2 Å². The highest BCUT2D eigenvalue weighted by molar-refractivity contribution is 7.99. The van der Waals surface area contributed by atoms with Gasteiger partial charge in [0, 0.05) is 31.0 Å². The third-order valence-electron chi connectivity index (χ3n) is 3.09. The molecule has 0 aliphatic rings. The number of aliphatic hydroxyl groups excluding tert-OH is 1. The van der Waals surface area contributed by atoms with Crippen LogP contribution >= 0.6 is 23.4 Å². The summed E-state index contributed by atoms with van der Waals surface area (Å²) in [7, 11) is 2.02. The number of hydrogen-bond acceptors (Lipinski definition) is 4. The molecule has 0 aliphatic heterocycles. The molecule has 1 aromatic carbocycles. The summed E-state index contributed by atoms with van der Waals surface area (Å²) in [5, 5.41) is 12.8. The highest BCUT2D eigenvalue weighted by Gasteiger charge is 2.07. The molecule has 0 spiro atoms. The maximum atomic E-state index is 8.69. The number of nitrogens with zero attached hydrogens (tertiary/aromatic N) is 2. The van der Waals surface area contributed by atoms with Crippen molar-refractivity contribution in [2.75, 3.05) is 24.7 Å². The number of aromatic nitrogens is 2. The van der Waals surface area contributed by atoms with Gasteiger partial charge in [0.25, 0.3) is 0 Å². The Morgan fingerprint density at radius 3 is 3.05 bits per heavy atom. The van der Waals surface area contributed by atoms with Gasteiger partial charge in [0.1, 0.15) is 5.82 Å². The van der Waals surface area contributed by atoms with E-state index in [2.05, 4.69) is 14.9 Å². The Kier molecular flexibility index (Phi) is 6.16. The number of nitrogens with one attached hydrogen (secondary N) is 1. The molecule has 0 amide bonds. The van der Waals surface area contributed by atoms with Gasteiger partial charge >= 0.3 is 0 Å². The minimum Gasteiger partial charge on any atom is -0.396 e. The molecule has 2 rings (SSSR count). The number of benzene rings is 1. The van der Waals surface area contributed by atoms with E-state index in [0.29, 0.717) is 0 Å². The second-order valence-corrected chi connectivity index (χ2v) is 6.25. The van der Waals surface area contributed by atoms with Gasteiger partial charge in [-0.2, -0.15) is 11.8 Å². The van der Waals surface area contributed by atoms with E-state index in [0.717, 1.165) is 52.9 Å². The van der Waals surface area contributed by atoms with Crippen LogP contribution in [-0.4, -0.2) is 39.3 Å². The Hall–Kier alpha value is -0.750. The molecular formula is C14H20ClN3OS. The Morgan fingerprint density at radius 2 is 2.25 bits per heavy atom. The van der Waals surface area contributed by atoms with Gasteiger partial charge in [-0.3, -0.25) is 0 Å². The third kappa shape index (κ3) is 4.12. The normalized spacial score (nSPS) is 11.3. The van der Waals surface area contributed by atoms with Gasteiger partial charge in [0.15, 0.2) is 0 Å². The van der Waals surface area contributed by atoms with E-state index in [1.54, 1.807) is 0 Å². The summed E-state index contributed by atoms with van der Waals surface area (Å²) in [5.41, 5.74) is 2.04. The van der Waals surface area contributed by atoms with Gasteiger partial charge in [0.2, 0.25) is 0 Å². The quantitative estimate of drug-likeness (QED) is 0.735. The van der Waals surface area contributed by atoms with Crippen molar-refractivity contribution < 1.29 is 5.11 Å². The molecule has 6 heteroatoms. The minimum absolute atomic E-state index is 0.281. The van der Waals surface area contributed by atoms with Gasteiger partial charge < -0.3 is 15.0 Å². The standard InChI is InChI=1S/C14H20ClN3OS/c1-18-13-4-3-11(15)9-12(13)17-14(18)10-16-5-8-20-7-2-6-19/h3-4,9,16,19H,2,5-8,10H2,1H3. The summed E-state index contributed by atoms with van der Waals surface area (Å²) in [4.78, 5) is 4.60. The molecule has 110 valence electrons. The van der Waals surface area contributed by atoms with E-state index in [-0.39, 0.29) is 6.61 Å². The fraction of sp³-hybridized carbons (Fsp3) is 0.500. The fourth-order valence-corrected chi connectivity index (χ4v) is 2.99. The first-order valence-corrected chi connectivity index (χ1v) is 8.26. The second-order valence-electron chi connectivity index (χ2n) is 4.59. The number of hydrogen-bond donors (Lipinski definition) is 2. The van der Waals surface area contributed by atoms with Crippen LogP contribution < -0.4 is 5.32 Å². The van der Waals surface area contributed by atoms with Gasteiger partial charge in [-0.15, -0.1) is 0 Å². The molecule has 0 atom stereocenters. The Balaban J connectivity index is 1.83. The highest BCUT2D eigenvalue weighted by atomic mass is 35.5. The molecule has 1 heterocycles. The van der Waals surface area contributed by atoms with E-state index in [1.807, 2.05) is 37.0 Å². The Morgan fingerprint density at radius 1 is 1.40 bits per heavy atom. The van der Waals surface area contributed by atoms with Crippen LogP contribution in [0.3, 0.4) is 0 Å². The van der Waals surface area contributed by atoms with Crippen molar-refractivity contribution >= 4 is 34.4 Å². The maximum Gasteiger partial charge on any atom is 0.123 e. The fourth-order valence-electron chi connectivity index (χ4n) is 1.99. The van der Waals surface area contributed by atoms with Crippen LogP contribution in [0, 0.1) is 0 Å². The molecule has 0 saturated carbocycles. The molecule has 20 heavy (non-hydrogen) atoms. The molecule has 2 aromatic rings. The van der Waals surface area contributed by atoms with E-state index in [1.165, 1.54) is 0 Å². The van der Waals surface area contributed by atoms with Crippen LogP contribution in [0.15, 0.2) is 18.2 Å². The molecule has 1 aromatic heterocycles. The molecule has 0 fully saturated rings. The third-order valence-corrected chi connectivity index (χ3v) is 4.39. The first-order valence-electron chi connectivity index (χ1n) is 6.72. The summed E-state index contributed by atoms with van der Waals surface area (Å²) < 4.78 is 2.09. The van der Waals surface area contributed by atoms with E-state index < -0.39 is 0 Å². The zero-order valence-corrected chi connectivity index (χ0v) is 13.2. The van der Waals surface area contributed by atoms with Crippen molar-refractivity contribution in [1.82, 2.24) is 14.9 Å². The number of imidazole rings is 1. The summed E-state index contributed by atoms with van der Waals surface area (Å²) >= 11 is 7.84. The first kappa shape index (κ1) is 15.6. The van der Waals surface area contributed by atoms with Gasteiger partial charge in [-0.25, -0.2) is 4.98 Å². The number of thioether (sulfide) groups is 1. The predicted octanol–water partition coefficient (Wildman–Crippen LogP) is 2.43. The topological polar surface area (TPSA) is 50.1 Å². The molecule has 2 N–H and O–H groups in total. The maximum absolute atomic E-state index is 8.69. The van der Waals surface area contributed by atoms with Crippen LogP contribution in [0.25, 0.3) is 11.0 Å². The van der Waals surface area contributed by atoms with Gasteiger partial charge in [0.05, 0.1) is 17.6 Å². The summed E-state index contributed by atoms with van der Waals surface area (Å²) in [5.74, 6) is 3.08. The Bertz CT molecular complexity index is 559. The monoisotopic (exact) mass is 313 g/mol. The van der Waals surface area contributed by atoms with Crippen molar-refractivity contribution in [3.63, 3.8) is 0 Å². The van der Waals surface area contributed by atoms with E-state index in [9.17, 15) is 0 Å². The number of halogens is 1. The lowest BCUT2D eigenvalue weighted by Crippen LogP contribution is -2.19. The van der Waals surface area contributed by atoms with Crippen LogP contribution in [0.4, 0.5) is 0 Å². The predicted molar refractivity (Wildman–Crippen MR) is 86.5 cm³/mol. The van der Waals surface area contributed by atoms with Crippen LogP contribution in [0.2, 0.25) is 5.02 Å². The number of aliphatic hydroxyl groups is 1. The molecular weight excluding hydrogens is 294 g/mol. The van der Waals surface area contributed by atoms with Gasteiger partial charge in [-0.05, 0) is 30.4 Å². The van der Waals surface area contributed by atoms with E-state index in [4.69, 9.17) is 16.7 Å². The van der Waals surface area contributed by atoms with Crippen molar-refractivity contribution in [2.24, 2.45) is 7.05 Å². The van der Waals surface area contributed by atoms with Crippen molar-refractivity contribution in [3.05, 3.63) is 29.0 Å². The zero-order valence-electron chi connectivity index (χ0n) is 11.6. The number of rotatable bonds is 8. The molecule has 0 unspecified atom stereocenters. The largest absolute Gasteiger partial charge is 0.396 e. The van der Waals surface area contributed by atoms with Crippen molar-refractivity contribution in [2.45, 2.75) is 13.0 Å². The molecule has 0 bridgehead atoms. The Labute approximate surface area is 128 Å². The van der Waals surface area contributed by atoms with Gasteiger partial charge in [-0.1, -0.05) is 11.6 Å². The number of aryl methyl sites for hydroxylation is 1. The SMILES string of the molecule is Cn1c(CNCCSCCCO)nc2cc(Cl)ccc21. The minimum atomic E-state index is 0.281. The molecule has 4 nitrogen and oxygen atoms in total.